The van der Waals surface area contributed by atoms with Crippen molar-refractivity contribution >= 4 is 11.8 Å². The van der Waals surface area contributed by atoms with Crippen molar-refractivity contribution < 1.29 is 0 Å². The average molecular weight is 244 g/mol. The Morgan fingerprint density at radius 1 is 1.44 bits per heavy atom. The summed E-state index contributed by atoms with van der Waals surface area (Å²) >= 11 is 1.97. The van der Waals surface area contributed by atoms with Crippen LogP contribution in [0.4, 0.5) is 0 Å². The summed E-state index contributed by atoms with van der Waals surface area (Å²) in [4.78, 5) is 2.73. The molecular formula is C13H28N2S. The minimum absolute atomic E-state index is 0.720. The molecule has 0 radical (unpaired) electrons. The zero-order chi connectivity index (χ0) is 12.0. The first-order valence-electron chi connectivity index (χ1n) is 6.70. The van der Waals surface area contributed by atoms with Crippen molar-refractivity contribution in [1.29, 1.82) is 0 Å². The van der Waals surface area contributed by atoms with Crippen LogP contribution in [0, 0.1) is 0 Å². The third-order valence-corrected chi connectivity index (χ3v) is 4.44. The van der Waals surface area contributed by atoms with Crippen LogP contribution < -0.4 is 5.32 Å². The maximum Gasteiger partial charge on any atom is 0.0221 e. The molecule has 3 heteroatoms. The van der Waals surface area contributed by atoms with Crippen molar-refractivity contribution in [3.63, 3.8) is 0 Å². The predicted molar refractivity (Wildman–Crippen MR) is 75.3 cm³/mol. The Balaban J connectivity index is 2.52. The summed E-state index contributed by atoms with van der Waals surface area (Å²) in [6, 6.07) is 2.19. The van der Waals surface area contributed by atoms with Crippen molar-refractivity contribution in [3.05, 3.63) is 0 Å². The lowest BCUT2D eigenvalue weighted by molar-refractivity contribution is 0.0933. The molecule has 1 heterocycles. The molecule has 0 aliphatic carbocycles. The zero-order valence-corrected chi connectivity index (χ0v) is 12.1. The van der Waals surface area contributed by atoms with Gasteiger partial charge in [0.1, 0.15) is 0 Å². The molecule has 2 nitrogen and oxygen atoms in total. The molecule has 0 bridgehead atoms. The summed E-state index contributed by atoms with van der Waals surface area (Å²) in [7, 11) is 0. The summed E-state index contributed by atoms with van der Waals surface area (Å²) < 4.78 is 0. The fourth-order valence-corrected chi connectivity index (χ4v) is 3.36. The lowest BCUT2D eigenvalue weighted by Crippen LogP contribution is -2.59. The number of piperazine rings is 1. The molecule has 16 heavy (non-hydrogen) atoms. The lowest BCUT2D eigenvalue weighted by atomic mass is 10.0. The van der Waals surface area contributed by atoms with E-state index in [2.05, 4.69) is 37.2 Å². The first kappa shape index (κ1) is 14.3. The smallest absolute Gasteiger partial charge is 0.0221 e. The normalized spacial score (nSPS) is 29.2. The van der Waals surface area contributed by atoms with Crippen LogP contribution in [0.5, 0.6) is 0 Å². The van der Waals surface area contributed by atoms with Crippen LogP contribution in [-0.2, 0) is 0 Å². The molecule has 1 rings (SSSR count). The third-order valence-electron chi connectivity index (χ3n) is 3.62. The largest absolute Gasteiger partial charge is 0.311 e. The molecule has 0 aromatic carbocycles. The Hall–Kier alpha value is 0.270. The Labute approximate surface area is 106 Å². The molecule has 1 aliphatic heterocycles. The molecule has 1 aliphatic rings. The van der Waals surface area contributed by atoms with E-state index in [-0.39, 0.29) is 0 Å². The molecule has 0 aromatic heterocycles. The molecule has 3 unspecified atom stereocenters. The summed E-state index contributed by atoms with van der Waals surface area (Å²) in [5, 5.41) is 3.70. The van der Waals surface area contributed by atoms with Crippen LogP contribution in [-0.4, -0.2) is 48.1 Å². The topological polar surface area (TPSA) is 15.3 Å². The van der Waals surface area contributed by atoms with Crippen molar-refractivity contribution in [1.82, 2.24) is 10.2 Å². The van der Waals surface area contributed by atoms with Gasteiger partial charge in [-0.3, -0.25) is 4.90 Å². The Morgan fingerprint density at radius 3 is 2.75 bits per heavy atom. The van der Waals surface area contributed by atoms with Crippen LogP contribution >= 0.6 is 11.8 Å². The number of nitrogens with zero attached hydrogens (tertiary/aromatic N) is 1. The molecular weight excluding hydrogens is 216 g/mol. The van der Waals surface area contributed by atoms with Gasteiger partial charge < -0.3 is 5.32 Å². The first-order chi connectivity index (χ1) is 7.72. The highest BCUT2D eigenvalue weighted by atomic mass is 32.2. The van der Waals surface area contributed by atoms with Gasteiger partial charge in [-0.1, -0.05) is 20.3 Å². The van der Waals surface area contributed by atoms with E-state index in [4.69, 9.17) is 0 Å². The molecule has 0 spiro atoms. The van der Waals surface area contributed by atoms with Gasteiger partial charge in [-0.25, -0.2) is 0 Å². The second-order valence-electron chi connectivity index (χ2n) is 4.96. The standard InChI is InChI=1S/C13H28N2S/c1-5-7-12-9-15(11(3)10-16-4)13(6-2)8-14-12/h11-14H,5-10H2,1-4H3. The molecule has 1 N–H and O–H groups in total. The SMILES string of the molecule is CCCC1CN(C(C)CSC)C(CC)CN1. The minimum atomic E-state index is 0.720. The van der Waals surface area contributed by atoms with Crippen LogP contribution in [0.25, 0.3) is 0 Å². The van der Waals surface area contributed by atoms with Crippen LogP contribution in [0.15, 0.2) is 0 Å². The van der Waals surface area contributed by atoms with Crippen molar-refractivity contribution in [2.24, 2.45) is 0 Å². The highest BCUT2D eigenvalue weighted by molar-refractivity contribution is 7.98. The average Bonchev–Trinajstić information content (AvgIpc) is 2.30. The second-order valence-corrected chi connectivity index (χ2v) is 5.87. The fraction of sp³-hybridized carbons (Fsp3) is 1.00. The van der Waals surface area contributed by atoms with Gasteiger partial charge in [0.05, 0.1) is 0 Å². The third kappa shape index (κ3) is 3.94. The van der Waals surface area contributed by atoms with E-state index in [0.29, 0.717) is 0 Å². The Morgan fingerprint density at radius 2 is 2.19 bits per heavy atom. The number of hydrogen-bond acceptors (Lipinski definition) is 3. The minimum Gasteiger partial charge on any atom is -0.311 e. The van der Waals surface area contributed by atoms with Gasteiger partial charge >= 0.3 is 0 Å². The van der Waals surface area contributed by atoms with Gasteiger partial charge in [0.15, 0.2) is 0 Å². The molecule has 1 fully saturated rings. The van der Waals surface area contributed by atoms with Crippen molar-refractivity contribution in [3.8, 4) is 0 Å². The van der Waals surface area contributed by atoms with E-state index in [1.807, 2.05) is 11.8 Å². The Bertz CT molecular complexity index is 187. The Kier molecular flexibility index (Phi) is 6.78. The first-order valence-corrected chi connectivity index (χ1v) is 8.10. The molecule has 0 saturated carbocycles. The van der Waals surface area contributed by atoms with Crippen LogP contribution in [0.2, 0.25) is 0 Å². The second kappa shape index (κ2) is 7.57. The fourth-order valence-electron chi connectivity index (χ4n) is 2.69. The summed E-state index contributed by atoms with van der Waals surface area (Å²) in [5.74, 6) is 1.26. The maximum absolute atomic E-state index is 3.70. The van der Waals surface area contributed by atoms with E-state index >= 15 is 0 Å². The van der Waals surface area contributed by atoms with Crippen LogP contribution in [0.1, 0.15) is 40.0 Å². The lowest BCUT2D eigenvalue weighted by Gasteiger charge is -2.43. The summed E-state index contributed by atoms with van der Waals surface area (Å²) in [5.41, 5.74) is 0. The van der Waals surface area contributed by atoms with E-state index in [0.717, 1.165) is 18.1 Å². The number of thioether (sulfide) groups is 1. The maximum atomic E-state index is 3.70. The monoisotopic (exact) mass is 244 g/mol. The van der Waals surface area contributed by atoms with E-state index in [1.54, 1.807) is 0 Å². The van der Waals surface area contributed by atoms with Gasteiger partial charge in [-0.05, 0) is 26.0 Å². The number of rotatable bonds is 6. The van der Waals surface area contributed by atoms with Crippen LogP contribution in [0.3, 0.4) is 0 Å². The van der Waals surface area contributed by atoms with Crippen molar-refractivity contribution in [2.75, 3.05) is 25.1 Å². The quantitative estimate of drug-likeness (QED) is 0.773. The van der Waals surface area contributed by atoms with Gasteiger partial charge in [0.2, 0.25) is 0 Å². The van der Waals surface area contributed by atoms with E-state index in [9.17, 15) is 0 Å². The molecule has 3 atom stereocenters. The van der Waals surface area contributed by atoms with Gasteiger partial charge in [0.25, 0.3) is 0 Å². The summed E-state index contributed by atoms with van der Waals surface area (Å²) in [6.07, 6.45) is 6.09. The van der Waals surface area contributed by atoms with E-state index < -0.39 is 0 Å². The number of hydrogen-bond donors (Lipinski definition) is 1. The molecule has 96 valence electrons. The van der Waals surface area contributed by atoms with Gasteiger partial charge in [-0.15, -0.1) is 0 Å². The van der Waals surface area contributed by atoms with Crippen molar-refractivity contribution in [2.45, 2.75) is 58.2 Å². The molecule has 1 saturated heterocycles. The highest BCUT2D eigenvalue weighted by Crippen LogP contribution is 2.18. The molecule has 0 aromatic rings. The molecule has 0 amide bonds. The van der Waals surface area contributed by atoms with Gasteiger partial charge in [0, 0.05) is 37.0 Å². The van der Waals surface area contributed by atoms with E-state index in [1.165, 1.54) is 38.1 Å². The summed E-state index contributed by atoms with van der Waals surface area (Å²) in [6.45, 7) is 9.40. The van der Waals surface area contributed by atoms with Gasteiger partial charge in [-0.2, -0.15) is 11.8 Å². The predicted octanol–water partition coefficient (Wildman–Crippen LogP) is 2.59. The highest BCUT2D eigenvalue weighted by Gasteiger charge is 2.29. The number of nitrogens with one attached hydrogen (secondary N) is 1. The zero-order valence-electron chi connectivity index (χ0n) is 11.3.